The minimum atomic E-state index is 0.452. The summed E-state index contributed by atoms with van der Waals surface area (Å²) in [7, 11) is 0. The molecule has 4 rings (SSSR count). The molecule has 0 saturated carbocycles. The lowest BCUT2D eigenvalue weighted by Crippen LogP contribution is -2.43. The highest BCUT2D eigenvalue weighted by atomic mass is 15.4. The zero-order chi connectivity index (χ0) is 17.4. The van der Waals surface area contributed by atoms with Crippen LogP contribution in [-0.4, -0.2) is 58.3 Å². The maximum absolute atomic E-state index is 9.43. The summed E-state index contributed by atoms with van der Waals surface area (Å²) >= 11 is 0. The molecule has 2 aliphatic rings. The van der Waals surface area contributed by atoms with Crippen molar-refractivity contribution < 1.29 is 0 Å². The van der Waals surface area contributed by atoms with E-state index in [9.17, 15) is 5.26 Å². The lowest BCUT2D eigenvalue weighted by atomic mass is 10.1. The van der Waals surface area contributed by atoms with Crippen LogP contribution in [-0.2, 0) is 13.0 Å². The monoisotopic (exact) mass is 339 g/mol. The average molecular weight is 339 g/mol. The number of rotatable bonds is 4. The van der Waals surface area contributed by atoms with Crippen LogP contribution >= 0.6 is 0 Å². The first kappa shape index (κ1) is 16.3. The van der Waals surface area contributed by atoms with Crippen molar-refractivity contribution in [2.24, 2.45) is 0 Å². The first-order chi connectivity index (χ1) is 12.2. The van der Waals surface area contributed by atoms with Gasteiger partial charge in [0.2, 0.25) is 0 Å². The van der Waals surface area contributed by atoms with Crippen LogP contribution in [0, 0.1) is 11.3 Å². The maximum Gasteiger partial charge on any atom is 0.175 e. The van der Waals surface area contributed by atoms with Crippen LogP contribution in [0.15, 0.2) is 6.20 Å². The molecule has 2 aliphatic heterocycles. The summed E-state index contributed by atoms with van der Waals surface area (Å²) < 4.78 is 1.88. The Labute approximate surface area is 148 Å². The van der Waals surface area contributed by atoms with E-state index in [4.69, 9.17) is 4.98 Å². The Morgan fingerprint density at radius 1 is 1.32 bits per heavy atom. The minimum Gasteiger partial charge on any atom is -0.353 e. The Morgan fingerprint density at radius 3 is 2.84 bits per heavy atom. The number of hydrogen-bond donors (Lipinski definition) is 1. The molecule has 0 spiro atoms. The highest BCUT2D eigenvalue weighted by molar-refractivity contribution is 5.65. The van der Waals surface area contributed by atoms with Crippen molar-refractivity contribution >= 4 is 11.5 Å². The molecule has 7 heteroatoms. The van der Waals surface area contributed by atoms with Crippen LogP contribution in [0.2, 0.25) is 0 Å². The molecule has 1 unspecified atom stereocenters. The first-order valence-corrected chi connectivity index (χ1v) is 9.22. The largest absolute Gasteiger partial charge is 0.353 e. The standard InChI is InChI=1S/C18H25N7/c1-3-13(2)24-7-4-15-16(12-23-8-5-20-6-9-23)22-17-14(10-19)11-21-25(17)18(15)24/h11,13,20H,3-9,12H2,1-2H3. The summed E-state index contributed by atoms with van der Waals surface area (Å²) in [6.07, 6.45) is 3.73. The summed E-state index contributed by atoms with van der Waals surface area (Å²) in [5, 5.41) is 17.3. The van der Waals surface area contributed by atoms with Crippen molar-refractivity contribution in [1.82, 2.24) is 24.8 Å². The normalized spacial score (nSPS) is 19.2. The number of nitriles is 1. The third-order valence-electron chi connectivity index (χ3n) is 5.50. The van der Waals surface area contributed by atoms with E-state index in [2.05, 4.69) is 40.1 Å². The van der Waals surface area contributed by atoms with Crippen LogP contribution < -0.4 is 10.2 Å². The zero-order valence-corrected chi connectivity index (χ0v) is 15.0. The molecule has 7 nitrogen and oxygen atoms in total. The number of hydrogen-bond acceptors (Lipinski definition) is 6. The molecule has 1 fully saturated rings. The Hall–Kier alpha value is -2.17. The summed E-state index contributed by atoms with van der Waals surface area (Å²) in [6, 6.07) is 2.69. The van der Waals surface area contributed by atoms with Crippen molar-refractivity contribution in [3.63, 3.8) is 0 Å². The van der Waals surface area contributed by atoms with E-state index in [1.165, 1.54) is 5.56 Å². The predicted octanol–water partition coefficient (Wildman–Crippen LogP) is 1.17. The van der Waals surface area contributed by atoms with Gasteiger partial charge in [-0.2, -0.15) is 14.9 Å². The Morgan fingerprint density at radius 2 is 2.12 bits per heavy atom. The second-order valence-corrected chi connectivity index (χ2v) is 6.99. The van der Waals surface area contributed by atoms with Crippen LogP contribution in [0.3, 0.4) is 0 Å². The highest BCUT2D eigenvalue weighted by Crippen LogP contribution is 2.33. The van der Waals surface area contributed by atoms with E-state index < -0.39 is 0 Å². The van der Waals surface area contributed by atoms with Crippen LogP contribution in [0.1, 0.15) is 37.1 Å². The number of nitrogens with one attached hydrogen (secondary N) is 1. The van der Waals surface area contributed by atoms with Gasteiger partial charge < -0.3 is 10.2 Å². The van der Waals surface area contributed by atoms with Gasteiger partial charge in [0.05, 0.1) is 11.9 Å². The maximum atomic E-state index is 9.43. The summed E-state index contributed by atoms with van der Waals surface area (Å²) in [4.78, 5) is 9.76. The molecule has 2 aromatic heterocycles. The fraction of sp³-hybridized carbons (Fsp3) is 0.611. The van der Waals surface area contributed by atoms with E-state index in [-0.39, 0.29) is 0 Å². The van der Waals surface area contributed by atoms with Crippen molar-refractivity contribution in [1.29, 1.82) is 5.26 Å². The lowest BCUT2D eigenvalue weighted by Gasteiger charge is -2.28. The molecular weight excluding hydrogens is 314 g/mol. The smallest absolute Gasteiger partial charge is 0.175 e. The van der Waals surface area contributed by atoms with Gasteiger partial charge in [-0.25, -0.2) is 4.98 Å². The molecule has 1 atom stereocenters. The van der Waals surface area contributed by atoms with Gasteiger partial charge in [0.1, 0.15) is 17.5 Å². The molecular formula is C18H25N7. The van der Waals surface area contributed by atoms with Gasteiger partial charge >= 0.3 is 0 Å². The summed E-state index contributed by atoms with van der Waals surface area (Å²) in [6.45, 7) is 10.5. The van der Waals surface area contributed by atoms with Crippen molar-refractivity contribution in [3.05, 3.63) is 23.0 Å². The van der Waals surface area contributed by atoms with Gasteiger partial charge in [0.25, 0.3) is 0 Å². The summed E-state index contributed by atoms with van der Waals surface area (Å²) in [5.41, 5.74) is 3.67. The molecule has 1 N–H and O–H groups in total. The SMILES string of the molecule is CCC(C)N1CCc2c(CN3CCNCC3)nc3c(C#N)cnn3c21. The van der Waals surface area contributed by atoms with Crippen LogP contribution in [0.25, 0.3) is 5.65 Å². The molecule has 0 aliphatic carbocycles. The number of nitrogens with zero attached hydrogens (tertiary/aromatic N) is 6. The van der Waals surface area contributed by atoms with Gasteiger partial charge in [0, 0.05) is 50.9 Å². The van der Waals surface area contributed by atoms with Gasteiger partial charge in [-0.05, 0) is 19.8 Å². The molecule has 0 radical (unpaired) electrons. The van der Waals surface area contributed by atoms with E-state index >= 15 is 0 Å². The first-order valence-electron chi connectivity index (χ1n) is 9.22. The second-order valence-electron chi connectivity index (χ2n) is 6.99. The van der Waals surface area contributed by atoms with E-state index in [1.807, 2.05) is 4.52 Å². The Kier molecular flexibility index (Phi) is 4.32. The molecule has 25 heavy (non-hydrogen) atoms. The quantitative estimate of drug-likeness (QED) is 0.901. The zero-order valence-electron chi connectivity index (χ0n) is 15.0. The highest BCUT2D eigenvalue weighted by Gasteiger charge is 2.30. The number of anilines is 1. The lowest BCUT2D eigenvalue weighted by molar-refractivity contribution is 0.230. The van der Waals surface area contributed by atoms with Gasteiger partial charge in [-0.1, -0.05) is 6.92 Å². The fourth-order valence-corrected chi connectivity index (χ4v) is 3.89. The molecule has 132 valence electrons. The Bertz CT molecular complexity index is 813. The second kappa shape index (κ2) is 6.62. The summed E-state index contributed by atoms with van der Waals surface area (Å²) in [5.74, 6) is 1.14. The minimum absolute atomic E-state index is 0.452. The molecule has 0 amide bonds. The third-order valence-corrected chi connectivity index (χ3v) is 5.50. The fourth-order valence-electron chi connectivity index (χ4n) is 3.89. The molecule has 2 aromatic rings. The van der Waals surface area contributed by atoms with Crippen molar-refractivity contribution in [3.8, 4) is 6.07 Å². The van der Waals surface area contributed by atoms with E-state index in [0.29, 0.717) is 17.3 Å². The van der Waals surface area contributed by atoms with Gasteiger partial charge in [0.15, 0.2) is 5.65 Å². The van der Waals surface area contributed by atoms with Crippen molar-refractivity contribution in [2.75, 3.05) is 37.6 Å². The molecule has 1 saturated heterocycles. The predicted molar refractivity (Wildman–Crippen MR) is 96.7 cm³/mol. The molecule has 4 heterocycles. The number of aromatic nitrogens is 3. The third kappa shape index (κ3) is 2.75. The topological polar surface area (TPSA) is 72.5 Å². The molecule has 0 aromatic carbocycles. The number of piperazine rings is 1. The van der Waals surface area contributed by atoms with Crippen LogP contribution in [0.4, 0.5) is 5.82 Å². The van der Waals surface area contributed by atoms with Gasteiger partial charge in [-0.3, -0.25) is 4.90 Å². The molecule has 0 bridgehead atoms. The van der Waals surface area contributed by atoms with E-state index in [1.54, 1.807) is 6.20 Å². The van der Waals surface area contributed by atoms with Crippen molar-refractivity contribution in [2.45, 2.75) is 39.3 Å². The van der Waals surface area contributed by atoms with Gasteiger partial charge in [-0.15, -0.1) is 0 Å². The Balaban J connectivity index is 1.82. The van der Waals surface area contributed by atoms with E-state index in [0.717, 1.165) is 63.6 Å². The van der Waals surface area contributed by atoms with Crippen LogP contribution in [0.5, 0.6) is 0 Å². The average Bonchev–Trinajstić information content (AvgIpc) is 3.25. The number of fused-ring (bicyclic) bond motifs is 3.